The topological polar surface area (TPSA) is 67.2 Å². The number of benzene rings is 2. The van der Waals surface area contributed by atoms with Crippen LogP contribution in [0.2, 0.25) is 0 Å². The van der Waals surface area contributed by atoms with Gasteiger partial charge in [-0.25, -0.2) is 0 Å². The number of aromatic nitrogens is 1. The summed E-state index contributed by atoms with van der Waals surface area (Å²) >= 11 is 0. The molecule has 28 heavy (non-hydrogen) atoms. The molecule has 0 bridgehead atoms. The molecule has 1 fully saturated rings. The van der Waals surface area contributed by atoms with E-state index in [2.05, 4.69) is 15.8 Å². The number of nitrogens with one attached hydrogen (secondary N) is 2. The molecule has 1 aliphatic heterocycles. The van der Waals surface area contributed by atoms with Gasteiger partial charge in [-0.2, -0.15) is 0 Å². The molecular weight excluding hydrogens is 350 g/mol. The van der Waals surface area contributed by atoms with Crippen LogP contribution in [0, 0.1) is 11.8 Å². The summed E-state index contributed by atoms with van der Waals surface area (Å²) in [6.07, 6.45) is 2.34. The number of rotatable bonds is 6. The average molecular weight is 375 g/mol. The van der Waals surface area contributed by atoms with E-state index in [9.17, 15) is 4.79 Å². The van der Waals surface area contributed by atoms with Crippen LogP contribution in [0.3, 0.4) is 0 Å². The van der Waals surface area contributed by atoms with E-state index < -0.39 is 0 Å². The van der Waals surface area contributed by atoms with Crippen molar-refractivity contribution in [2.24, 2.45) is 11.8 Å². The first-order chi connectivity index (χ1) is 13.8. The van der Waals surface area contributed by atoms with Gasteiger partial charge in [0.25, 0.3) is 0 Å². The van der Waals surface area contributed by atoms with Gasteiger partial charge in [0, 0.05) is 23.7 Å². The molecule has 0 unspecified atom stereocenters. The van der Waals surface area contributed by atoms with E-state index in [1.165, 1.54) is 0 Å². The van der Waals surface area contributed by atoms with Crippen molar-refractivity contribution in [2.45, 2.75) is 19.3 Å². The van der Waals surface area contributed by atoms with Crippen molar-refractivity contribution < 1.29 is 9.32 Å². The maximum Gasteiger partial charge on any atom is 0.224 e. The molecule has 2 atom stereocenters. The van der Waals surface area contributed by atoms with Gasteiger partial charge in [-0.15, -0.1) is 0 Å². The van der Waals surface area contributed by atoms with E-state index in [-0.39, 0.29) is 5.91 Å². The number of anilines is 1. The minimum Gasteiger partial charge on any atom is -0.356 e. The zero-order chi connectivity index (χ0) is 19.2. The van der Waals surface area contributed by atoms with Gasteiger partial charge in [-0.05, 0) is 49.9 Å². The van der Waals surface area contributed by atoms with Gasteiger partial charge in [0.2, 0.25) is 5.91 Å². The Morgan fingerprint density at radius 2 is 1.82 bits per heavy atom. The summed E-state index contributed by atoms with van der Waals surface area (Å²) in [4.78, 5) is 12.5. The Morgan fingerprint density at radius 3 is 2.61 bits per heavy atom. The lowest BCUT2D eigenvalue weighted by Gasteiger charge is -2.31. The molecule has 2 aromatic carbocycles. The van der Waals surface area contributed by atoms with Crippen LogP contribution in [-0.4, -0.2) is 24.2 Å². The third-order valence-electron chi connectivity index (χ3n) is 5.36. The molecule has 144 valence electrons. The van der Waals surface area contributed by atoms with Crippen molar-refractivity contribution >= 4 is 11.6 Å². The Balaban J connectivity index is 1.39. The fourth-order valence-corrected chi connectivity index (χ4v) is 3.87. The van der Waals surface area contributed by atoms with Crippen molar-refractivity contribution in [1.82, 2.24) is 10.5 Å². The Kier molecular flexibility index (Phi) is 5.83. The summed E-state index contributed by atoms with van der Waals surface area (Å²) in [6, 6.07) is 21.7. The molecule has 5 heteroatoms. The summed E-state index contributed by atoms with van der Waals surface area (Å²) in [6.45, 7) is 1.85. The molecule has 2 N–H and O–H groups in total. The predicted molar refractivity (Wildman–Crippen MR) is 110 cm³/mol. The van der Waals surface area contributed by atoms with Gasteiger partial charge in [-0.1, -0.05) is 53.7 Å². The second-order valence-corrected chi connectivity index (χ2v) is 7.38. The fourth-order valence-electron chi connectivity index (χ4n) is 3.87. The molecule has 2 heterocycles. The molecule has 0 aliphatic carbocycles. The quantitative estimate of drug-likeness (QED) is 0.680. The summed E-state index contributed by atoms with van der Waals surface area (Å²) in [5, 5.41) is 10.7. The minimum atomic E-state index is 0.0771. The molecule has 1 aromatic heterocycles. The monoisotopic (exact) mass is 375 g/mol. The smallest absolute Gasteiger partial charge is 0.224 e. The number of carbonyl (C=O) groups is 1. The molecule has 3 aromatic rings. The van der Waals surface area contributed by atoms with Crippen LogP contribution in [-0.2, 0) is 11.2 Å². The molecular formula is C23H25N3O2. The Labute approximate surface area is 165 Å². The Morgan fingerprint density at radius 1 is 1.07 bits per heavy atom. The lowest BCUT2D eigenvalue weighted by atomic mass is 9.81. The van der Waals surface area contributed by atoms with Gasteiger partial charge in [0.1, 0.15) is 0 Å². The van der Waals surface area contributed by atoms with Crippen LogP contribution < -0.4 is 10.6 Å². The third-order valence-corrected chi connectivity index (χ3v) is 5.36. The van der Waals surface area contributed by atoms with Gasteiger partial charge in [0.15, 0.2) is 5.76 Å². The van der Waals surface area contributed by atoms with Crippen LogP contribution in [0.4, 0.5) is 5.69 Å². The molecule has 1 amide bonds. The van der Waals surface area contributed by atoms with Gasteiger partial charge < -0.3 is 15.2 Å². The largest absolute Gasteiger partial charge is 0.356 e. The van der Waals surface area contributed by atoms with Gasteiger partial charge in [0.05, 0.1) is 5.69 Å². The van der Waals surface area contributed by atoms with E-state index in [1.807, 2.05) is 66.7 Å². The highest BCUT2D eigenvalue weighted by molar-refractivity contribution is 5.90. The third kappa shape index (κ3) is 4.67. The van der Waals surface area contributed by atoms with Crippen LogP contribution in [0.15, 0.2) is 71.3 Å². The van der Waals surface area contributed by atoms with E-state index in [4.69, 9.17) is 4.52 Å². The molecule has 1 saturated heterocycles. The van der Waals surface area contributed by atoms with E-state index in [1.54, 1.807) is 0 Å². The van der Waals surface area contributed by atoms with E-state index in [0.717, 1.165) is 48.6 Å². The first-order valence-electron chi connectivity index (χ1n) is 9.84. The number of para-hydroxylation sites is 1. The highest BCUT2D eigenvalue weighted by Gasteiger charge is 2.28. The lowest BCUT2D eigenvalue weighted by molar-refractivity contribution is -0.117. The molecule has 4 rings (SSSR count). The number of carbonyl (C=O) groups excluding carboxylic acids is 1. The van der Waals surface area contributed by atoms with Crippen LogP contribution in [0.5, 0.6) is 0 Å². The standard InChI is InChI=1S/C23H25N3O2/c27-23(25-20-9-5-2-6-10-20)14-18-11-12-24-16-19(18)13-21-15-22(28-26-21)17-7-3-1-4-8-17/h1-10,15,18-19,24H,11-14,16H2,(H,25,27)/t18-,19-/m0/s1. The van der Waals surface area contributed by atoms with E-state index in [0.29, 0.717) is 18.3 Å². The Hall–Kier alpha value is -2.92. The normalized spacial score (nSPS) is 19.3. The molecule has 1 aliphatic rings. The number of amides is 1. The predicted octanol–water partition coefficient (Wildman–Crippen LogP) is 4.14. The molecule has 0 saturated carbocycles. The summed E-state index contributed by atoms with van der Waals surface area (Å²) in [7, 11) is 0. The maximum absolute atomic E-state index is 12.5. The van der Waals surface area contributed by atoms with Gasteiger partial charge >= 0.3 is 0 Å². The Bertz CT molecular complexity index is 892. The van der Waals surface area contributed by atoms with Crippen molar-refractivity contribution in [3.63, 3.8) is 0 Å². The SMILES string of the molecule is O=C(C[C@@H]1CCNC[C@@H]1Cc1cc(-c2ccccc2)on1)Nc1ccccc1. The summed E-state index contributed by atoms with van der Waals surface area (Å²) in [5.74, 6) is 1.57. The highest BCUT2D eigenvalue weighted by Crippen LogP contribution is 2.28. The molecule has 0 radical (unpaired) electrons. The number of piperidine rings is 1. The van der Waals surface area contributed by atoms with Crippen molar-refractivity contribution in [3.8, 4) is 11.3 Å². The molecule has 0 spiro atoms. The zero-order valence-corrected chi connectivity index (χ0v) is 15.8. The first-order valence-corrected chi connectivity index (χ1v) is 9.84. The van der Waals surface area contributed by atoms with Gasteiger partial charge in [-0.3, -0.25) is 4.79 Å². The second-order valence-electron chi connectivity index (χ2n) is 7.38. The van der Waals surface area contributed by atoms with Crippen LogP contribution in [0.1, 0.15) is 18.5 Å². The number of hydrogen-bond acceptors (Lipinski definition) is 4. The summed E-state index contributed by atoms with van der Waals surface area (Å²) in [5.41, 5.74) is 2.82. The fraction of sp³-hybridized carbons (Fsp3) is 0.304. The van der Waals surface area contributed by atoms with Crippen LogP contribution >= 0.6 is 0 Å². The average Bonchev–Trinajstić information content (AvgIpc) is 3.19. The number of hydrogen-bond donors (Lipinski definition) is 2. The zero-order valence-electron chi connectivity index (χ0n) is 15.8. The van der Waals surface area contributed by atoms with E-state index >= 15 is 0 Å². The van der Waals surface area contributed by atoms with Crippen molar-refractivity contribution in [3.05, 3.63) is 72.4 Å². The minimum absolute atomic E-state index is 0.0771. The highest BCUT2D eigenvalue weighted by atomic mass is 16.5. The lowest BCUT2D eigenvalue weighted by Crippen LogP contribution is -2.39. The summed E-state index contributed by atoms with van der Waals surface area (Å²) < 4.78 is 5.54. The van der Waals surface area contributed by atoms with Crippen molar-refractivity contribution in [1.29, 1.82) is 0 Å². The maximum atomic E-state index is 12.5. The first kappa shape index (κ1) is 18.4. The van der Waals surface area contributed by atoms with Crippen LogP contribution in [0.25, 0.3) is 11.3 Å². The molecule has 5 nitrogen and oxygen atoms in total. The van der Waals surface area contributed by atoms with Crippen molar-refractivity contribution in [2.75, 3.05) is 18.4 Å². The second kappa shape index (κ2) is 8.85. The number of nitrogens with zero attached hydrogens (tertiary/aromatic N) is 1.